The summed E-state index contributed by atoms with van der Waals surface area (Å²) >= 11 is 0. The van der Waals surface area contributed by atoms with E-state index in [0.29, 0.717) is 11.3 Å². The van der Waals surface area contributed by atoms with Crippen LogP contribution in [-0.4, -0.2) is 70.0 Å². The monoisotopic (exact) mass is 446 g/mol. The molecule has 4 rings (SSSR count). The molecule has 3 aromatic rings. The average Bonchev–Trinajstić information content (AvgIpc) is 2.78. The van der Waals surface area contributed by atoms with Crippen molar-refractivity contribution in [2.75, 3.05) is 13.7 Å². The third-order valence-electron chi connectivity index (χ3n) is 5.26. The lowest BCUT2D eigenvalue weighted by molar-refractivity contribution is -0.277. The van der Waals surface area contributed by atoms with Crippen LogP contribution >= 0.6 is 0 Å². The van der Waals surface area contributed by atoms with Gasteiger partial charge in [0.15, 0.2) is 5.43 Å². The minimum atomic E-state index is -1.64. The number of fused-ring (bicyclic) bond motifs is 1. The summed E-state index contributed by atoms with van der Waals surface area (Å²) in [5, 5.41) is 49.6. The van der Waals surface area contributed by atoms with E-state index >= 15 is 0 Å². The van der Waals surface area contributed by atoms with Crippen LogP contribution in [0.2, 0.25) is 0 Å². The standard InChI is InChI=1S/C22H22O10/c1-29-14-5-3-2-4-11(14)15-8-13(25)18-12(24)6-10(7-16(18)31-15)30-22-21(28)20(27)19(26)17(9-23)32-22/h2-8,17,19-24,26-28H,9H2,1H3/t17-,19-,20+,21-,22-/m1/s1. The number of benzene rings is 2. The number of phenols is 1. The van der Waals surface area contributed by atoms with Gasteiger partial charge >= 0.3 is 0 Å². The van der Waals surface area contributed by atoms with Crippen LogP contribution in [-0.2, 0) is 4.74 Å². The van der Waals surface area contributed by atoms with E-state index in [9.17, 15) is 30.3 Å². The molecule has 1 fully saturated rings. The zero-order valence-electron chi connectivity index (χ0n) is 16.9. The summed E-state index contributed by atoms with van der Waals surface area (Å²) in [6.07, 6.45) is -7.44. The molecule has 0 amide bonds. The van der Waals surface area contributed by atoms with E-state index < -0.39 is 48.5 Å². The van der Waals surface area contributed by atoms with Crippen molar-refractivity contribution < 1.29 is 44.2 Å². The van der Waals surface area contributed by atoms with Crippen LogP contribution in [0.25, 0.3) is 22.3 Å². The lowest BCUT2D eigenvalue weighted by Crippen LogP contribution is -2.60. The summed E-state index contributed by atoms with van der Waals surface area (Å²) in [6, 6.07) is 10.6. The third kappa shape index (κ3) is 3.90. The summed E-state index contributed by atoms with van der Waals surface area (Å²) in [4.78, 5) is 12.7. The van der Waals surface area contributed by atoms with E-state index in [0.717, 1.165) is 6.07 Å². The zero-order valence-corrected chi connectivity index (χ0v) is 16.9. The molecule has 2 heterocycles. The lowest BCUT2D eigenvalue weighted by atomic mass is 9.99. The molecule has 1 aliphatic heterocycles. The lowest BCUT2D eigenvalue weighted by Gasteiger charge is -2.39. The number of rotatable bonds is 5. The fourth-order valence-electron chi connectivity index (χ4n) is 3.59. The van der Waals surface area contributed by atoms with E-state index in [-0.39, 0.29) is 22.5 Å². The summed E-state index contributed by atoms with van der Waals surface area (Å²) in [5.41, 5.74) is 0.0239. The number of methoxy groups -OCH3 is 1. The fourth-order valence-corrected chi connectivity index (χ4v) is 3.59. The number of hydrogen-bond acceptors (Lipinski definition) is 10. The smallest absolute Gasteiger partial charge is 0.229 e. The largest absolute Gasteiger partial charge is 0.507 e. The van der Waals surface area contributed by atoms with Crippen molar-refractivity contribution in [3.05, 3.63) is 52.7 Å². The second-order valence-corrected chi connectivity index (χ2v) is 7.31. The Bertz CT molecular complexity index is 1170. The zero-order chi connectivity index (χ0) is 23.0. The molecule has 2 aromatic carbocycles. The molecular weight excluding hydrogens is 424 g/mol. The van der Waals surface area contributed by atoms with Gasteiger partial charge < -0.3 is 44.2 Å². The Hall–Kier alpha value is -3.15. The summed E-state index contributed by atoms with van der Waals surface area (Å²) < 4.78 is 22.0. The van der Waals surface area contributed by atoms with Gasteiger partial charge in [-0.2, -0.15) is 0 Å². The maximum atomic E-state index is 12.7. The molecule has 0 radical (unpaired) electrons. The molecule has 0 saturated carbocycles. The predicted molar refractivity (Wildman–Crippen MR) is 111 cm³/mol. The quantitative estimate of drug-likeness (QED) is 0.370. The van der Waals surface area contributed by atoms with Crippen LogP contribution in [0.3, 0.4) is 0 Å². The Morgan fingerprint density at radius 1 is 1.03 bits per heavy atom. The molecule has 10 heteroatoms. The highest BCUT2D eigenvalue weighted by Crippen LogP contribution is 2.35. The highest BCUT2D eigenvalue weighted by Gasteiger charge is 2.44. The average molecular weight is 446 g/mol. The van der Waals surface area contributed by atoms with Crippen LogP contribution in [0.4, 0.5) is 0 Å². The van der Waals surface area contributed by atoms with Crippen molar-refractivity contribution >= 4 is 11.0 Å². The van der Waals surface area contributed by atoms with Gasteiger partial charge in [-0.15, -0.1) is 0 Å². The van der Waals surface area contributed by atoms with E-state index in [2.05, 4.69) is 0 Å². The predicted octanol–water partition coefficient (Wildman–Crippen LogP) is 0.353. The second-order valence-electron chi connectivity index (χ2n) is 7.31. The topological polar surface area (TPSA) is 159 Å². The maximum Gasteiger partial charge on any atom is 0.229 e. The van der Waals surface area contributed by atoms with Gasteiger partial charge in [-0.25, -0.2) is 0 Å². The normalized spacial score (nSPS) is 25.6. The van der Waals surface area contributed by atoms with Crippen LogP contribution in [0.1, 0.15) is 0 Å². The van der Waals surface area contributed by atoms with E-state index in [1.54, 1.807) is 24.3 Å². The summed E-state index contributed by atoms with van der Waals surface area (Å²) in [5.74, 6) is 0.208. The Balaban J connectivity index is 1.73. The van der Waals surface area contributed by atoms with Gasteiger partial charge in [-0.3, -0.25) is 4.79 Å². The van der Waals surface area contributed by atoms with Crippen LogP contribution in [0, 0.1) is 0 Å². The third-order valence-corrected chi connectivity index (χ3v) is 5.26. The molecule has 0 spiro atoms. The van der Waals surface area contributed by atoms with Crippen molar-refractivity contribution in [3.8, 4) is 28.6 Å². The molecule has 1 aliphatic rings. The fraction of sp³-hybridized carbons (Fsp3) is 0.318. The number of phenolic OH excluding ortho intramolecular Hbond substituents is 1. The van der Waals surface area contributed by atoms with Crippen molar-refractivity contribution in [1.29, 1.82) is 0 Å². The minimum absolute atomic E-state index is 0.00185. The first-order valence-corrected chi connectivity index (χ1v) is 9.75. The Kier molecular flexibility index (Phi) is 6.04. The van der Waals surface area contributed by atoms with Gasteiger partial charge in [0.25, 0.3) is 0 Å². The molecular formula is C22H22O10. The van der Waals surface area contributed by atoms with Gasteiger partial charge in [-0.1, -0.05) is 12.1 Å². The number of ether oxygens (including phenoxy) is 3. The van der Waals surface area contributed by atoms with Crippen molar-refractivity contribution in [2.45, 2.75) is 30.7 Å². The number of aliphatic hydroxyl groups excluding tert-OH is 4. The van der Waals surface area contributed by atoms with Crippen LogP contribution < -0.4 is 14.9 Å². The maximum absolute atomic E-state index is 12.7. The number of para-hydroxylation sites is 1. The van der Waals surface area contributed by atoms with Gasteiger partial charge in [-0.05, 0) is 12.1 Å². The minimum Gasteiger partial charge on any atom is -0.507 e. The molecule has 5 N–H and O–H groups in total. The number of hydrogen-bond donors (Lipinski definition) is 5. The molecule has 170 valence electrons. The van der Waals surface area contributed by atoms with Gasteiger partial charge in [0.05, 0.1) is 19.3 Å². The molecule has 0 aliphatic carbocycles. The Morgan fingerprint density at radius 3 is 2.50 bits per heavy atom. The van der Waals surface area contributed by atoms with Crippen molar-refractivity contribution in [2.24, 2.45) is 0 Å². The Labute approximate surface area is 181 Å². The van der Waals surface area contributed by atoms with Crippen LogP contribution in [0.5, 0.6) is 17.2 Å². The number of aliphatic hydroxyl groups is 4. The number of aromatic hydroxyl groups is 1. The molecule has 0 unspecified atom stereocenters. The molecule has 10 nitrogen and oxygen atoms in total. The van der Waals surface area contributed by atoms with E-state index in [1.807, 2.05) is 0 Å². The van der Waals surface area contributed by atoms with Gasteiger partial charge in [0.2, 0.25) is 6.29 Å². The summed E-state index contributed by atoms with van der Waals surface area (Å²) in [7, 11) is 1.48. The highest BCUT2D eigenvalue weighted by molar-refractivity contribution is 5.86. The van der Waals surface area contributed by atoms with Crippen molar-refractivity contribution in [3.63, 3.8) is 0 Å². The van der Waals surface area contributed by atoms with Gasteiger partial charge in [0, 0.05) is 18.2 Å². The first-order valence-electron chi connectivity index (χ1n) is 9.75. The first kappa shape index (κ1) is 22.1. The molecule has 1 aromatic heterocycles. The van der Waals surface area contributed by atoms with E-state index in [4.69, 9.17) is 18.6 Å². The molecule has 0 bridgehead atoms. The SMILES string of the molecule is COc1ccccc1-c1cc(=O)c2c(O)cc(O[C@@H]3O[C@H](CO)[C@@H](O)[C@H](O)[C@H]3O)cc2o1. The molecule has 1 saturated heterocycles. The second kappa shape index (κ2) is 8.77. The summed E-state index contributed by atoms with van der Waals surface area (Å²) in [6.45, 7) is -0.620. The molecule has 32 heavy (non-hydrogen) atoms. The van der Waals surface area contributed by atoms with Crippen LogP contribution in [0.15, 0.2) is 51.7 Å². The van der Waals surface area contributed by atoms with E-state index in [1.165, 1.54) is 19.2 Å². The van der Waals surface area contributed by atoms with Gasteiger partial charge in [0.1, 0.15) is 58.4 Å². The highest BCUT2D eigenvalue weighted by atomic mass is 16.7. The molecule has 5 atom stereocenters. The Morgan fingerprint density at radius 2 is 1.78 bits per heavy atom. The van der Waals surface area contributed by atoms with Crippen molar-refractivity contribution in [1.82, 2.24) is 0 Å². The first-order chi connectivity index (χ1) is 15.3.